The number of ether oxygens (including phenoxy) is 1. The van der Waals surface area contributed by atoms with Crippen LogP contribution in [0.4, 0.5) is 5.69 Å². The Balaban J connectivity index is 2.15. The van der Waals surface area contributed by atoms with E-state index in [-0.39, 0.29) is 5.54 Å². The lowest BCUT2D eigenvalue weighted by Crippen LogP contribution is -2.27. The third-order valence-corrected chi connectivity index (χ3v) is 3.11. The number of carbonyl (C=O) groups excluding carboxylic acids is 1. The molecule has 1 heterocycles. The zero-order valence-electron chi connectivity index (χ0n) is 11.9. The monoisotopic (exact) mass is 270 g/mol. The number of hydrogen-bond donors (Lipinski definition) is 1. The van der Waals surface area contributed by atoms with E-state index in [1.165, 1.54) is 12.7 Å². The highest BCUT2D eigenvalue weighted by Crippen LogP contribution is 2.25. The van der Waals surface area contributed by atoms with Crippen LogP contribution >= 0.6 is 0 Å². The van der Waals surface area contributed by atoms with Gasteiger partial charge in [0.1, 0.15) is 5.69 Å². The van der Waals surface area contributed by atoms with Gasteiger partial charge in [-0.05, 0) is 31.5 Å². The van der Waals surface area contributed by atoms with Gasteiger partial charge in [-0.15, -0.1) is 0 Å². The van der Waals surface area contributed by atoms with E-state index in [1.807, 2.05) is 24.3 Å². The Hall–Kier alpha value is -2.36. The number of esters is 1. The molecule has 0 saturated heterocycles. The molecule has 0 atom stereocenters. The first kappa shape index (κ1) is 14.1. The molecule has 20 heavy (non-hydrogen) atoms. The molecule has 1 aromatic carbocycles. The Kier molecular flexibility index (Phi) is 4.03. The van der Waals surface area contributed by atoms with Gasteiger partial charge in [-0.25, -0.2) is 9.78 Å². The van der Waals surface area contributed by atoms with Gasteiger partial charge in [0.05, 0.1) is 24.5 Å². The number of rotatable bonds is 4. The van der Waals surface area contributed by atoms with Gasteiger partial charge >= 0.3 is 5.97 Å². The number of carbonyl (C=O) groups is 1. The van der Waals surface area contributed by atoms with Crippen LogP contribution in [0.15, 0.2) is 48.7 Å². The van der Waals surface area contributed by atoms with Crippen molar-refractivity contribution in [2.24, 2.45) is 0 Å². The third kappa shape index (κ3) is 3.15. The lowest BCUT2D eigenvalue weighted by atomic mass is 9.94. The van der Waals surface area contributed by atoms with Gasteiger partial charge in [0, 0.05) is 0 Å². The van der Waals surface area contributed by atoms with Gasteiger partial charge < -0.3 is 10.1 Å². The van der Waals surface area contributed by atoms with E-state index in [4.69, 9.17) is 0 Å². The van der Waals surface area contributed by atoms with E-state index < -0.39 is 5.97 Å². The van der Waals surface area contributed by atoms with Crippen molar-refractivity contribution in [2.45, 2.75) is 19.4 Å². The fourth-order valence-corrected chi connectivity index (χ4v) is 1.98. The average Bonchev–Trinajstić information content (AvgIpc) is 2.48. The zero-order chi connectivity index (χ0) is 14.6. The molecule has 0 bridgehead atoms. The third-order valence-electron chi connectivity index (χ3n) is 3.11. The SMILES string of the molecule is COC(=O)c1ccc(NC(C)(C)c2ccccc2)cn1. The summed E-state index contributed by atoms with van der Waals surface area (Å²) in [5, 5.41) is 3.40. The van der Waals surface area contributed by atoms with Crippen molar-refractivity contribution in [2.75, 3.05) is 12.4 Å². The predicted molar refractivity (Wildman–Crippen MR) is 78.7 cm³/mol. The van der Waals surface area contributed by atoms with Gasteiger partial charge in [0.15, 0.2) is 0 Å². The van der Waals surface area contributed by atoms with Crippen LogP contribution in [0.5, 0.6) is 0 Å². The topological polar surface area (TPSA) is 51.2 Å². The summed E-state index contributed by atoms with van der Waals surface area (Å²) in [7, 11) is 1.34. The maximum Gasteiger partial charge on any atom is 0.356 e. The van der Waals surface area contributed by atoms with Crippen molar-refractivity contribution in [3.63, 3.8) is 0 Å². The number of methoxy groups -OCH3 is 1. The molecule has 0 amide bonds. The maximum atomic E-state index is 11.3. The smallest absolute Gasteiger partial charge is 0.356 e. The second-order valence-electron chi connectivity index (χ2n) is 5.04. The second kappa shape index (κ2) is 5.74. The van der Waals surface area contributed by atoms with Crippen LogP contribution in [-0.4, -0.2) is 18.1 Å². The molecule has 1 N–H and O–H groups in total. The van der Waals surface area contributed by atoms with Crippen LogP contribution in [0.3, 0.4) is 0 Å². The van der Waals surface area contributed by atoms with Gasteiger partial charge in [0.25, 0.3) is 0 Å². The normalized spacial score (nSPS) is 10.9. The van der Waals surface area contributed by atoms with Crippen molar-refractivity contribution < 1.29 is 9.53 Å². The second-order valence-corrected chi connectivity index (χ2v) is 5.04. The van der Waals surface area contributed by atoms with Crippen LogP contribution < -0.4 is 5.32 Å². The van der Waals surface area contributed by atoms with Gasteiger partial charge in [-0.2, -0.15) is 0 Å². The zero-order valence-corrected chi connectivity index (χ0v) is 11.9. The van der Waals surface area contributed by atoms with Crippen LogP contribution in [0.2, 0.25) is 0 Å². The quantitative estimate of drug-likeness (QED) is 0.867. The summed E-state index contributed by atoms with van der Waals surface area (Å²) < 4.78 is 4.62. The fraction of sp³-hybridized carbons (Fsp3) is 0.250. The summed E-state index contributed by atoms with van der Waals surface area (Å²) in [4.78, 5) is 15.4. The number of nitrogens with one attached hydrogen (secondary N) is 1. The minimum atomic E-state index is -0.432. The minimum absolute atomic E-state index is 0.226. The molecule has 1 aromatic heterocycles. The average molecular weight is 270 g/mol. The summed E-state index contributed by atoms with van der Waals surface area (Å²) >= 11 is 0. The predicted octanol–water partition coefficient (Wildman–Crippen LogP) is 3.22. The summed E-state index contributed by atoms with van der Waals surface area (Å²) in [6.45, 7) is 4.19. The summed E-state index contributed by atoms with van der Waals surface area (Å²) in [6.07, 6.45) is 1.64. The largest absolute Gasteiger partial charge is 0.464 e. The highest BCUT2D eigenvalue weighted by Gasteiger charge is 2.20. The molecule has 0 fully saturated rings. The van der Waals surface area contributed by atoms with E-state index in [2.05, 4.69) is 41.0 Å². The number of pyridine rings is 1. The van der Waals surface area contributed by atoms with Gasteiger partial charge in [-0.3, -0.25) is 0 Å². The molecule has 0 aliphatic rings. The van der Waals surface area contributed by atoms with E-state index in [0.29, 0.717) is 5.69 Å². The van der Waals surface area contributed by atoms with Crippen molar-refractivity contribution >= 4 is 11.7 Å². The number of nitrogens with zero attached hydrogens (tertiary/aromatic N) is 1. The standard InChI is InChI=1S/C16H18N2O2/c1-16(2,12-7-5-4-6-8-12)18-13-9-10-14(17-11-13)15(19)20-3/h4-11,18H,1-3H3. The number of benzene rings is 1. The lowest BCUT2D eigenvalue weighted by molar-refractivity contribution is 0.0594. The highest BCUT2D eigenvalue weighted by atomic mass is 16.5. The van der Waals surface area contributed by atoms with E-state index >= 15 is 0 Å². The molecule has 4 nitrogen and oxygen atoms in total. The van der Waals surface area contributed by atoms with E-state index in [9.17, 15) is 4.79 Å². The molecule has 0 spiro atoms. The van der Waals surface area contributed by atoms with Crippen LogP contribution in [0, 0.1) is 0 Å². The Morgan fingerprint density at radius 3 is 2.40 bits per heavy atom. The molecule has 0 aliphatic carbocycles. The molecule has 2 rings (SSSR count). The molecular weight excluding hydrogens is 252 g/mol. The summed E-state index contributed by atoms with van der Waals surface area (Å²) in [5.74, 6) is -0.432. The van der Waals surface area contributed by atoms with Crippen molar-refractivity contribution in [1.82, 2.24) is 4.98 Å². The van der Waals surface area contributed by atoms with Crippen molar-refractivity contribution in [3.8, 4) is 0 Å². The van der Waals surface area contributed by atoms with Crippen LogP contribution in [-0.2, 0) is 10.3 Å². The number of hydrogen-bond acceptors (Lipinski definition) is 4. The van der Waals surface area contributed by atoms with Crippen molar-refractivity contribution in [3.05, 3.63) is 59.9 Å². The molecule has 104 valence electrons. The van der Waals surface area contributed by atoms with Crippen molar-refractivity contribution in [1.29, 1.82) is 0 Å². The van der Waals surface area contributed by atoms with Gasteiger partial charge in [-0.1, -0.05) is 30.3 Å². The van der Waals surface area contributed by atoms with E-state index in [0.717, 1.165) is 5.69 Å². The minimum Gasteiger partial charge on any atom is -0.464 e. The van der Waals surface area contributed by atoms with Gasteiger partial charge in [0.2, 0.25) is 0 Å². The Morgan fingerprint density at radius 1 is 1.15 bits per heavy atom. The molecular formula is C16H18N2O2. The first-order valence-corrected chi connectivity index (χ1v) is 6.41. The summed E-state index contributed by atoms with van der Waals surface area (Å²) in [6, 6.07) is 13.6. The molecule has 0 saturated carbocycles. The maximum absolute atomic E-state index is 11.3. The molecule has 0 radical (unpaired) electrons. The van der Waals surface area contributed by atoms with E-state index in [1.54, 1.807) is 12.3 Å². The Labute approximate surface area is 118 Å². The Morgan fingerprint density at radius 2 is 1.85 bits per heavy atom. The highest BCUT2D eigenvalue weighted by molar-refractivity contribution is 5.87. The molecule has 0 aliphatic heterocycles. The first-order chi connectivity index (χ1) is 9.53. The Bertz CT molecular complexity index is 577. The fourth-order valence-electron chi connectivity index (χ4n) is 1.98. The van der Waals surface area contributed by atoms with Crippen LogP contribution in [0.25, 0.3) is 0 Å². The summed E-state index contributed by atoms with van der Waals surface area (Å²) in [5.41, 5.74) is 2.11. The molecule has 2 aromatic rings. The molecule has 4 heteroatoms. The first-order valence-electron chi connectivity index (χ1n) is 6.41. The lowest BCUT2D eigenvalue weighted by Gasteiger charge is -2.28. The van der Waals surface area contributed by atoms with Crippen LogP contribution in [0.1, 0.15) is 29.9 Å². The number of anilines is 1. The number of aromatic nitrogens is 1. The molecule has 0 unspecified atom stereocenters.